The first-order valence-corrected chi connectivity index (χ1v) is 51.8. The van der Waals surface area contributed by atoms with Crippen LogP contribution >= 0.6 is 47.9 Å². The first-order chi connectivity index (χ1) is 65.7. The Balaban J connectivity index is 1.07. The fourth-order valence-corrected chi connectivity index (χ4v) is 20.6. The minimum Gasteiger partial charge on any atom is -0.438 e. The third-order valence-corrected chi connectivity index (χ3v) is 28.4. The van der Waals surface area contributed by atoms with Crippen LogP contribution in [0.25, 0.3) is 0 Å². The second-order valence-corrected chi connectivity index (χ2v) is 40.3. The van der Waals surface area contributed by atoms with Gasteiger partial charge in [-0.3, -0.25) is 66.0 Å². The van der Waals surface area contributed by atoms with Crippen LogP contribution in [0.2, 0.25) is 0 Å². The standard InChI is InChI=1S/C66H111N7O57S9/c1-9-10-11-15-67-43(78)13-18-101-20-21-102-19-16-68-42(77)12-17-73-45(80)23-41(57(73)81)131-22-14-44(79)69-27-103-64-54(132-127-70-124-82)35(6)47(39(110-64)25-108-135(86,87)88)115-63-53(123-139(98,99)100)33(4)49(59(120-63)105-29-75)116-65-55(133-128-71-125-83)36(7)46(38(111-65)24-107-130-85)113-62-52(122-138(95,96)97)34(5)50(60(119-62)106-30-76)117-66-56(134-129-72-126-84)37(8)48(40(112-66)26-109-136(89,90)91)114-61-51(121-137(92,93)94)31(2)32(3)58(118-61)104-28-74/h28-41,46-56,58-66,70-72,82-85H,9-27H2,1-8H3,(H,67,78)(H,68,77)(H,69,79)(H,86,87,88)(H,89,90,91)(H,92,93,94)(H,95,96,97)(H,98,99,100)/t31-,32+,33-,34?,35+,36?,37+,38+,39?,40?,41?,46+,47+,48+,49+,50+,51?,52?,53?,54?,55?,56?,58?,59?,60-,61-,62-,63-,64-,65-,66-/m1/s1. The molecule has 31 atom stereocenters. The lowest BCUT2D eigenvalue weighted by Gasteiger charge is -2.51. The van der Waals surface area contributed by atoms with Crippen LogP contribution in [0, 0.1) is 41.4 Å². The van der Waals surface area contributed by atoms with Gasteiger partial charge >= 0.3 is 52.0 Å². The van der Waals surface area contributed by atoms with Gasteiger partial charge in [0.2, 0.25) is 48.4 Å². The second-order valence-electron chi connectivity index (χ2n) is 30.9. The van der Waals surface area contributed by atoms with E-state index in [0.717, 1.165) is 49.8 Å². The molecule has 7 saturated heterocycles. The Morgan fingerprint density at radius 1 is 0.432 bits per heavy atom. The van der Waals surface area contributed by atoms with Gasteiger partial charge < -0.3 is 96.5 Å². The van der Waals surface area contributed by atoms with E-state index in [0.29, 0.717) is 18.6 Å². The van der Waals surface area contributed by atoms with E-state index in [1.807, 2.05) is 0 Å². The van der Waals surface area contributed by atoms with Crippen molar-refractivity contribution in [2.45, 2.75) is 245 Å². The molecule has 73 heteroatoms. The Bertz CT molecular complexity index is 4400. The van der Waals surface area contributed by atoms with E-state index in [2.05, 4.69) is 47.1 Å². The summed E-state index contributed by atoms with van der Waals surface area (Å²) in [5.41, 5.74) is 4.88. The molecule has 7 aliphatic heterocycles. The predicted molar refractivity (Wildman–Crippen MR) is 447 cm³/mol. The molecule has 0 radical (unpaired) electrons. The molecule has 806 valence electrons. The van der Waals surface area contributed by atoms with E-state index in [1.165, 1.54) is 34.6 Å². The van der Waals surface area contributed by atoms with Gasteiger partial charge in [0.05, 0.1) is 79.0 Å². The van der Waals surface area contributed by atoms with Crippen LogP contribution in [0.3, 0.4) is 0 Å². The van der Waals surface area contributed by atoms with Gasteiger partial charge in [0.1, 0.15) is 62.2 Å². The highest BCUT2D eigenvalue weighted by molar-refractivity contribution is 8.00. The van der Waals surface area contributed by atoms with Crippen molar-refractivity contribution in [3.05, 3.63) is 0 Å². The van der Waals surface area contributed by atoms with Gasteiger partial charge in [-0.25, -0.2) is 59.7 Å². The number of hydrogen-bond acceptors (Lipinski definition) is 59. The van der Waals surface area contributed by atoms with E-state index in [9.17, 15) is 119 Å². The zero-order valence-corrected chi connectivity index (χ0v) is 81.7. The number of nitrogens with zero attached hydrogens (tertiary/aromatic N) is 1. The van der Waals surface area contributed by atoms with Crippen molar-refractivity contribution in [1.29, 1.82) is 0 Å². The SMILES string of the molecule is CCCCCNC(=O)CCOCCOCCNC(=O)CCN1C(=O)CC(SCCC(=O)NCO[C@@H]2OC(COS(=O)(=O)O)[C@@H](O[C@@H]3OC(OC=O)[C@@H](O[C@H]4O[C@@H](COOO)[C@@H](O[C@@H]5O[C@@H](OC=O)[C@@H](O[C@H]6OC(COS(=O)(=O)O)[C@@H](O[C@@H]7OC(OC=O)[C@@H](C)[C@@H](C)C7OS(=O)(=O)O)[C@H](C)C6SONOO)C(C)C5OS(=O)(=O)O)C(C)C4SONOO)[C@@H](C)C3OS(=O)(=O)O)[C@H](C)C2SONOO)C1=O. The summed E-state index contributed by atoms with van der Waals surface area (Å²) in [6.07, 6.45) is -38.0. The molecular weight excluding hydrogens is 2090 g/mol. The fraction of sp³-hybridized carbons (Fsp3) is 0.879. The summed E-state index contributed by atoms with van der Waals surface area (Å²) in [5.74, 6) is -12.2. The molecule has 0 aromatic carbocycles. The Labute approximate surface area is 810 Å². The predicted octanol–water partition coefficient (Wildman–Crippen LogP) is -2.87. The number of carbonyl (C=O) groups is 8. The van der Waals surface area contributed by atoms with Crippen molar-refractivity contribution < 1.29 is 263 Å². The van der Waals surface area contributed by atoms with E-state index in [4.69, 9.17) is 120 Å². The van der Waals surface area contributed by atoms with Crippen LogP contribution in [0.15, 0.2) is 0 Å². The molecule has 64 nitrogen and oxygen atoms in total. The largest absolute Gasteiger partial charge is 0.438 e. The topological polar surface area (TPSA) is 842 Å². The smallest absolute Gasteiger partial charge is 0.397 e. The molecule has 7 heterocycles. The lowest BCUT2D eigenvalue weighted by atomic mass is 9.87. The third-order valence-electron chi connectivity index (χ3n) is 21.8. The van der Waals surface area contributed by atoms with E-state index < -0.39 is 288 Å². The summed E-state index contributed by atoms with van der Waals surface area (Å²) >= 11 is 1.71. The van der Waals surface area contributed by atoms with Crippen molar-refractivity contribution >= 4 is 149 Å². The zero-order chi connectivity index (χ0) is 103. The highest BCUT2D eigenvalue weighted by atomic mass is 32.3. The average molecular weight is 2200 g/mol. The number of rotatable bonds is 66. The van der Waals surface area contributed by atoms with Crippen LogP contribution in [0.1, 0.15) is 100 Å². The maximum atomic E-state index is 13.3. The second kappa shape index (κ2) is 59.5. The molecule has 13 unspecified atom stereocenters. The number of amides is 5. The Kier molecular flexibility index (Phi) is 52.0. The minimum absolute atomic E-state index is 0.0388. The molecule has 0 aliphatic carbocycles. The minimum atomic E-state index is -5.78. The number of imide groups is 1. The molecule has 7 fully saturated rings. The maximum absolute atomic E-state index is 13.3. The van der Waals surface area contributed by atoms with Gasteiger partial charge in [-0.15, -0.1) is 26.7 Å². The summed E-state index contributed by atoms with van der Waals surface area (Å²) in [6, 6.07) is 0. The number of hydrogen-bond donors (Lipinski definition) is 15. The van der Waals surface area contributed by atoms with Crippen LogP contribution < -0.4 is 32.9 Å². The molecule has 7 rings (SSSR count). The molecule has 5 amide bonds. The number of nitrogens with one attached hydrogen (secondary N) is 6. The van der Waals surface area contributed by atoms with Crippen molar-refractivity contribution in [3.63, 3.8) is 0 Å². The summed E-state index contributed by atoms with van der Waals surface area (Å²) in [4.78, 5) is 118. The van der Waals surface area contributed by atoms with E-state index in [1.54, 1.807) is 16.9 Å². The van der Waals surface area contributed by atoms with Crippen LogP contribution in [0.5, 0.6) is 0 Å². The van der Waals surface area contributed by atoms with Gasteiger partial charge in [-0.2, -0.15) is 42.1 Å². The Morgan fingerprint density at radius 2 is 0.835 bits per heavy atom. The third kappa shape index (κ3) is 39.6. The molecular formula is C66H111N7O57S9. The van der Waals surface area contributed by atoms with Crippen LogP contribution in [0.4, 0.5) is 0 Å². The fourth-order valence-electron chi connectivity index (χ4n) is 15.0. The van der Waals surface area contributed by atoms with Crippen molar-refractivity contribution in [3.8, 4) is 0 Å². The first-order valence-electron chi connectivity index (χ1n) is 41.5. The molecule has 0 aromatic heterocycles. The van der Waals surface area contributed by atoms with Gasteiger partial charge in [0.25, 0.3) is 19.4 Å². The highest BCUT2D eigenvalue weighted by Gasteiger charge is 2.61. The van der Waals surface area contributed by atoms with Crippen LogP contribution in [-0.2, 0) is 230 Å². The first kappa shape index (κ1) is 121. The number of thioether (sulfide) groups is 1. The quantitative estimate of drug-likeness (QED) is 0.00335. The summed E-state index contributed by atoms with van der Waals surface area (Å²) in [7, 11) is -27.8. The lowest BCUT2D eigenvalue weighted by molar-refractivity contribution is -0.499. The molecule has 15 N–H and O–H groups in total. The monoisotopic (exact) mass is 2200 g/mol. The molecule has 0 bridgehead atoms. The van der Waals surface area contributed by atoms with Gasteiger partial charge in [-0.1, -0.05) is 73.3 Å². The normalized spacial score (nSPS) is 33.3. The van der Waals surface area contributed by atoms with Gasteiger partial charge in [-0.05, 0) is 29.3 Å². The maximum Gasteiger partial charge on any atom is 0.397 e. The van der Waals surface area contributed by atoms with Gasteiger partial charge in [0.15, 0.2) is 37.7 Å². The van der Waals surface area contributed by atoms with Crippen molar-refractivity contribution in [1.82, 2.24) is 37.8 Å². The van der Waals surface area contributed by atoms with Crippen molar-refractivity contribution in [2.75, 3.05) is 78.4 Å². The van der Waals surface area contributed by atoms with Crippen molar-refractivity contribution in [2.24, 2.45) is 41.4 Å². The molecule has 0 spiro atoms. The number of unbranched alkanes of at least 4 members (excludes halogenated alkanes) is 2. The Hall–Kier alpha value is -4.45. The Morgan fingerprint density at radius 3 is 1.27 bits per heavy atom. The highest BCUT2D eigenvalue weighted by Crippen LogP contribution is 2.48. The molecule has 0 saturated carbocycles. The summed E-state index contributed by atoms with van der Waals surface area (Å²) in [6.45, 7) is 7.21. The zero-order valence-electron chi connectivity index (χ0n) is 74.3. The summed E-state index contributed by atoms with van der Waals surface area (Å²) < 4.78 is 317. The molecule has 7 aliphatic rings. The van der Waals surface area contributed by atoms with E-state index in [-0.39, 0.29) is 120 Å². The number of carbonyl (C=O) groups excluding carboxylic acids is 8. The lowest BCUT2D eigenvalue weighted by Crippen LogP contribution is -2.64. The molecule has 139 heavy (non-hydrogen) atoms. The summed E-state index contributed by atoms with van der Waals surface area (Å²) in [5, 5.41) is 43.5. The van der Waals surface area contributed by atoms with Crippen LogP contribution in [-0.4, -0.2) is 363 Å². The number of ether oxygens (including phenoxy) is 17. The average Bonchev–Trinajstić information content (AvgIpc) is 1.33. The number of likely N-dealkylation sites (tertiary alicyclic amines) is 1. The van der Waals surface area contributed by atoms with E-state index >= 15 is 0 Å². The molecule has 0 aromatic rings. The van der Waals surface area contributed by atoms with Gasteiger partial charge in [0, 0.05) is 123 Å².